The molecule has 1 aromatic rings. The molecule has 26 heavy (non-hydrogen) atoms. The number of nitrogens with one attached hydrogen (secondary N) is 1. The van der Waals surface area contributed by atoms with Crippen LogP contribution < -0.4 is 0 Å². The Hall–Kier alpha value is -2.15. The largest absolute Gasteiger partial charge is 0.466 e. The highest BCUT2D eigenvalue weighted by Gasteiger charge is 2.27. The van der Waals surface area contributed by atoms with E-state index < -0.39 is 0 Å². The molecule has 3 rings (SSSR count). The summed E-state index contributed by atoms with van der Waals surface area (Å²) in [7, 11) is 0. The number of aromatic amines is 1. The van der Waals surface area contributed by atoms with Crippen LogP contribution in [-0.2, 0) is 9.53 Å². The van der Waals surface area contributed by atoms with E-state index in [-0.39, 0.29) is 23.6 Å². The molecule has 0 saturated carbocycles. The minimum absolute atomic E-state index is 0.00342. The number of ether oxygens (including phenoxy) is 1. The van der Waals surface area contributed by atoms with E-state index in [4.69, 9.17) is 4.74 Å². The number of rotatable bonds is 6. The Morgan fingerprint density at radius 1 is 1.15 bits per heavy atom. The van der Waals surface area contributed by atoms with Crippen molar-refractivity contribution in [2.45, 2.75) is 32.6 Å². The van der Waals surface area contributed by atoms with Gasteiger partial charge in [-0.1, -0.05) is 0 Å². The van der Waals surface area contributed by atoms with Gasteiger partial charge in [-0.15, -0.1) is 0 Å². The van der Waals surface area contributed by atoms with E-state index >= 15 is 0 Å². The lowest BCUT2D eigenvalue weighted by Gasteiger charge is -2.30. The Kier molecular flexibility index (Phi) is 6.08. The molecule has 2 aliphatic heterocycles. The van der Waals surface area contributed by atoms with E-state index in [0.717, 1.165) is 38.8 Å². The fourth-order valence-electron chi connectivity index (χ4n) is 3.65. The van der Waals surface area contributed by atoms with Crippen molar-refractivity contribution in [3.8, 4) is 0 Å². The zero-order valence-corrected chi connectivity index (χ0v) is 15.3. The average molecular weight is 361 g/mol. The zero-order valence-electron chi connectivity index (χ0n) is 15.3. The van der Waals surface area contributed by atoms with Crippen molar-refractivity contribution in [3.63, 3.8) is 0 Å². The third kappa shape index (κ3) is 4.33. The molecule has 2 fully saturated rings. The quantitative estimate of drug-likeness (QED) is 0.616. The van der Waals surface area contributed by atoms with Crippen molar-refractivity contribution >= 4 is 17.7 Å². The highest BCUT2D eigenvalue weighted by molar-refractivity contribution is 6.01. The number of likely N-dealkylation sites (tertiary alicyclic amines) is 2. The smallest absolute Gasteiger partial charge is 0.309 e. The number of hydrogen-bond donors (Lipinski definition) is 1. The predicted octanol–water partition coefficient (Wildman–Crippen LogP) is 1.71. The van der Waals surface area contributed by atoms with Gasteiger partial charge in [0.05, 0.1) is 19.1 Å². The molecular formula is C19H27N3O4. The van der Waals surface area contributed by atoms with Gasteiger partial charge in [-0.25, -0.2) is 0 Å². The van der Waals surface area contributed by atoms with Gasteiger partial charge in [0.2, 0.25) is 0 Å². The monoisotopic (exact) mass is 361 g/mol. The van der Waals surface area contributed by atoms with Crippen LogP contribution in [0.15, 0.2) is 12.3 Å². The lowest BCUT2D eigenvalue weighted by Crippen LogP contribution is -2.39. The molecule has 1 amide bonds. The number of esters is 1. The summed E-state index contributed by atoms with van der Waals surface area (Å²) < 4.78 is 5.07. The summed E-state index contributed by atoms with van der Waals surface area (Å²) in [5.74, 6) is -0.222. The Morgan fingerprint density at radius 3 is 2.50 bits per heavy atom. The summed E-state index contributed by atoms with van der Waals surface area (Å²) in [6.45, 7) is 5.52. The number of amides is 1. The topological polar surface area (TPSA) is 82.7 Å². The summed E-state index contributed by atoms with van der Waals surface area (Å²) >= 11 is 0. The van der Waals surface area contributed by atoms with E-state index in [2.05, 4.69) is 9.88 Å². The van der Waals surface area contributed by atoms with E-state index in [0.29, 0.717) is 37.5 Å². The molecule has 0 bridgehead atoms. The van der Waals surface area contributed by atoms with Gasteiger partial charge >= 0.3 is 5.97 Å². The number of Topliss-reactive ketones (excluding diaryl/α,β-unsaturated/α-hetero) is 1. The number of H-pyrrole nitrogens is 1. The van der Waals surface area contributed by atoms with Gasteiger partial charge in [0.15, 0.2) is 5.78 Å². The Labute approximate surface area is 153 Å². The molecular weight excluding hydrogens is 334 g/mol. The summed E-state index contributed by atoms with van der Waals surface area (Å²) in [4.78, 5) is 43.5. The maximum atomic E-state index is 12.5. The number of nitrogens with zero attached hydrogens (tertiary/aromatic N) is 2. The first kappa shape index (κ1) is 18.6. The lowest BCUT2D eigenvalue weighted by molar-refractivity contribution is -0.149. The SMILES string of the molecule is CCOC(=O)C1CCN(CC(=O)c2c[nH]c(C(=O)N3CCCC3)c2)CC1. The van der Waals surface area contributed by atoms with Gasteiger partial charge in [0.25, 0.3) is 5.91 Å². The molecule has 0 radical (unpaired) electrons. The van der Waals surface area contributed by atoms with Gasteiger partial charge in [-0.2, -0.15) is 0 Å². The van der Waals surface area contributed by atoms with Crippen molar-refractivity contribution in [2.75, 3.05) is 39.3 Å². The Bertz CT molecular complexity index is 655. The molecule has 2 saturated heterocycles. The van der Waals surface area contributed by atoms with E-state index in [1.54, 1.807) is 12.3 Å². The first-order valence-electron chi connectivity index (χ1n) is 9.48. The number of piperidine rings is 1. The maximum Gasteiger partial charge on any atom is 0.309 e. The van der Waals surface area contributed by atoms with Gasteiger partial charge in [0, 0.05) is 24.8 Å². The average Bonchev–Trinajstić information content (AvgIpc) is 3.34. The highest BCUT2D eigenvalue weighted by Crippen LogP contribution is 2.19. The molecule has 0 atom stereocenters. The van der Waals surface area contributed by atoms with Crippen LogP contribution in [0.4, 0.5) is 0 Å². The first-order chi connectivity index (χ1) is 12.6. The molecule has 142 valence electrons. The molecule has 1 N–H and O–H groups in total. The molecule has 2 aliphatic rings. The summed E-state index contributed by atoms with van der Waals surface area (Å²) in [6.07, 6.45) is 5.15. The van der Waals surface area contributed by atoms with Crippen LogP contribution in [0.5, 0.6) is 0 Å². The van der Waals surface area contributed by atoms with Gasteiger partial charge in [0.1, 0.15) is 5.69 Å². The summed E-state index contributed by atoms with van der Waals surface area (Å²) in [6, 6.07) is 1.66. The molecule has 0 aliphatic carbocycles. The van der Waals surface area contributed by atoms with Crippen LogP contribution in [0.2, 0.25) is 0 Å². The lowest BCUT2D eigenvalue weighted by atomic mass is 9.96. The first-order valence-corrected chi connectivity index (χ1v) is 9.48. The van der Waals surface area contributed by atoms with E-state index in [9.17, 15) is 14.4 Å². The fourth-order valence-corrected chi connectivity index (χ4v) is 3.65. The van der Waals surface area contributed by atoms with Crippen molar-refractivity contribution < 1.29 is 19.1 Å². The standard InChI is InChI=1S/C19H27N3O4/c1-2-26-19(25)14-5-9-21(10-6-14)13-17(23)15-11-16(20-12-15)18(24)22-7-3-4-8-22/h11-12,14,20H,2-10,13H2,1H3. The second-order valence-electron chi connectivity index (χ2n) is 7.03. The van der Waals surface area contributed by atoms with Crippen molar-refractivity contribution in [1.29, 1.82) is 0 Å². The van der Waals surface area contributed by atoms with Crippen molar-refractivity contribution in [1.82, 2.24) is 14.8 Å². The van der Waals surface area contributed by atoms with Crippen molar-refractivity contribution in [2.24, 2.45) is 5.92 Å². The minimum atomic E-state index is -0.130. The number of aromatic nitrogens is 1. The van der Waals surface area contributed by atoms with E-state index in [1.165, 1.54) is 0 Å². The minimum Gasteiger partial charge on any atom is -0.466 e. The Morgan fingerprint density at radius 2 is 1.85 bits per heavy atom. The van der Waals surface area contributed by atoms with Crippen molar-refractivity contribution in [3.05, 3.63) is 23.5 Å². The van der Waals surface area contributed by atoms with Crippen LogP contribution in [-0.4, -0.2) is 71.8 Å². The maximum absolute atomic E-state index is 12.5. The van der Waals surface area contributed by atoms with Crippen LogP contribution in [0.25, 0.3) is 0 Å². The molecule has 7 nitrogen and oxygen atoms in total. The highest BCUT2D eigenvalue weighted by atomic mass is 16.5. The molecule has 1 aromatic heterocycles. The Balaban J connectivity index is 1.50. The number of ketones is 1. The molecule has 0 aromatic carbocycles. The second kappa shape index (κ2) is 8.49. The van der Waals surface area contributed by atoms with Crippen LogP contribution in [0.3, 0.4) is 0 Å². The van der Waals surface area contributed by atoms with Crippen LogP contribution in [0, 0.1) is 5.92 Å². The molecule has 0 unspecified atom stereocenters. The summed E-state index contributed by atoms with van der Waals surface area (Å²) in [5.41, 5.74) is 1.02. The molecule has 3 heterocycles. The predicted molar refractivity (Wildman–Crippen MR) is 96.1 cm³/mol. The van der Waals surface area contributed by atoms with Gasteiger partial charge in [-0.3, -0.25) is 19.3 Å². The summed E-state index contributed by atoms with van der Waals surface area (Å²) in [5, 5.41) is 0. The second-order valence-corrected chi connectivity index (χ2v) is 7.03. The third-order valence-corrected chi connectivity index (χ3v) is 5.20. The molecule has 7 heteroatoms. The third-order valence-electron chi connectivity index (χ3n) is 5.20. The zero-order chi connectivity index (χ0) is 18.5. The van der Waals surface area contributed by atoms with Crippen LogP contribution >= 0.6 is 0 Å². The van der Waals surface area contributed by atoms with Gasteiger partial charge in [-0.05, 0) is 51.8 Å². The number of hydrogen-bond acceptors (Lipinski definition) is 5. The number of carbonyl (C=O) groups is 3. The van der Waals surface area contributed by atoms with Crippen LogP contribution in [0.1, 0.15) is 53.5 Å². The fraction of sp³-hybridized carbons (Fsp3) is 0.632. The molecule has 0 spiro atoms. The van der Waals surface area contributed by atoms with E-state index in [1.807, 2.05) is 11.8 Å². The number of carbonyl (C=O) groups excluding carboxylic acids is 3. The van der Waals surface area contributed by atoms with Gasteiger partial charge < -0.3 is 14.6 Å². The normalized spacial score (nSPS) is 18.9.